The number of thioether (sulfide) groups is 1. The smallest absolute Gasteiger partial charge is 0.264 e. The van der Waals surface area contributed by atoms with Crippen LogP contribution in [0, 0.1) is 0 Å². The van der Waals surface area contributed by atoms with Crippen molar-refractivity contribution >= 4 is 28.9 Å². The van der Waals surface area contributed by atoms with Crippen LogP contribution in [0.5, 0.6) is 0 Å². The molecule has 1 heterocycles. The van der Waals surface area contributed by atoms with E-state index in [0.29, 0.717) is 6.04 Å². The van der Waals surface area contributed by atoms with Crippen LogP contribution in [-0.4, -0.2) is 17.1 Å². The highest BCUT2D eigenvalue weighted by molar-refractivity contribution is 8.18. The summed E-state index contributed by atoms with van der Waals surface area (Å²) in [5.41, 5.74) is 1.04. The number of rotatable bonds is 2. The highest BCUT2D eigenvalue weighted by Crippen LogP contribution is 2.28. The van der Waals surface area contributed by atoms with E-state index in [1.807, 2.05) is 36.4 Å². The summed E-state index contributed by atoms with van der Waals surface area (Å²) in [7, 11) is 0. The maximum absolute atomic E-state index is 11.9. The van der Waals surface area contributed by atoms with Crippen molar-refractivity contribution in [1.82, 2.24) is 5.32 Å². The molecule has 1 saturated carbocycles. The Morgan fingerprint density at radius 3 is 2.68 bits per heavy atom. The molecular weight excluding hydrogens is 256 g/mol. The lowest BCUT2D eigenvalue weighted by molar-refractivity contribution is -0.115. The van der Waals surface area contributed by atoms with E-state index in [4.69, 9.17) is 0 Å². The van der Waals surface area contributed by atoms with E-state index in [2.05, 4.69) is 10.3 Å². The Bertz CT molecular complexity index is 530. The second kappa shape index (κ2) is 5.61. The van der Waals surface area contributed by atoms with E-state index in [1.165, 1.54) is 24.6 Å². The first-order chi connectivity index (χ1) is 9.31. The van der Waals surface area contributed by atoms with Crippen molar-refractivity contribution in [3.63, 3.8) is 0 Å². The molecule has 1 saturated heterocycles. The number of hydrogen-bond acceptors (Lipinski definition) is 3. The Morgan fingerprint density at radius 2 is 1.95 bits per heavy atom. The van der Waals surface area contributed by atoms with Gasteiger partial charge in [0.25, 0.3) is 5.91 Å². The molecule has 1 aliphatic heterocycles. The van der Waals surface area contributed by atoms with Crippen molar-refractivity contribution in [2.75, 3.05) is 0 Å². The van der Waals surface area contributed by atoms with E-state index in [9.17, 15) is 4.79 Å². The number of aliphatic imine (C=N–C) groups is 1. The number of benzene rings is 1. The van der Waals surface area contributed by atoms with E-state index < -0.39 is 0 Å². The van der Waals surface area contributed by atoms with Crippen LogP contribution in [0.3, 0.4) is 0 Å². The number of nitrogens with one attached hydrogen (secondary N) is 1. The van der Waals surface area contributed by atoms with Gasteiger partial charge >= 0.3 is 0 Å². The fraction of sp³-hybridized carbons (Fsp3) is 0.333. The molecule has 3 nitrogen and oxygen atoms in total. The fourth-order valence-electron chi connectivity index (χ4n) is 2.39. The van der Waals surface area contributed by atoms with Crippen molar-refractivity contribution in [3.05, 3.63) is 40.8 Å². The van der Waals surface area contributed by atoms with Gasteiger partial charge < -0.3 is 5.32 Å². The third-order valence-corrected chi connectivity index (χ3v) is 4.30. The van der Waals surface area contributed by atoms with Gasteiger partial charge in [-0.25, -0.2) is 0 Å². The molecule has 4 heteroatoms. The molecule has 2 aliphatic rings. The number of amidine groups is 1. The van der Waals surface area contributed by atoms with Gasteiger partial charge in [-0.05, 0) is 36.2 Å². The van der Waals surface area contributed by atoms with Crippen LogP contribution in [-0.2, 0) is 4.79 Å². The quantitative estimate of drug-likeness (QED) is 0.840. The number of carbonyl (C=O) groups excluding carboxylic acids is 1. The fourth-order valence-corrected chi connectivity index (χ4v) is 3.28. The minimum atomic E-state index is -0.0365. The van der Waals surface area contributed by atoms with Gasteiger partial charge in [-0.3, -0.25) is 9.79 Å². The minimum Gasteiger partial charge on any atom is -0.301 e. The van der Waals surface area contributed by atoms with Crippen molar-refractivity contribution in [2.24, 2.45) is 4.99 Å². The monoisotopic (exact) mass is 272 g/mol. The van der Waals surface area contributed by atoms with Crippen LogP contribution in [0.25, 0.3) is 6.08 Å². The van der Waals surface area contributed by atoms with E-state index in [1.54, 1.807) is 0 Å². The van der Waals surface area contributed by atoms with Gasteiger partial charge in [0.15, 0.2) is 5.17 Å². The van der Waals surface area contributed by atoms with E-state index >= 15 is 0 Å². The number of hydrogen-bond donors (Lipinski definition) is 1. The molecule has 98 valence electrons. The second-order valence-corrected chi connectivity index (χ2v) is 5.88. The highest BCUT2D eigenvalue weighted by Gasteiger charge is 2.25. The molecule has 0 radical (unpaired) electrons. The van der Waals surface area contributed by atoms with Crippen LogP contribution in [0.4, 0.5) is 0 Å². The minimum absolute atomic E-state index is 0.0365. The van der Waals surface area contributed by atoms with Gasteiger partial charge in [0.1, 0.15) is 0 Å². The Hall–Kier alpha value is -1.55. The molecule has 1 aromatic carbocycles. The first kappa shape index (κ1) is 12.5. The summed E-state index contributed by atoms with van der Waals surface area (Å²) in [6, 6.07) is 10.3. The van der Waals surface area contributed by atoms with Gasteiger partial charge in [0.05, 0.1) is 10.9 Å². The van der Waals surface area contributed by atoms with E-state index in [0.717, 1.165) is 28.5 Å². The van der Waals surface area contributed by atoms with Gasteiger partial charge in [0, 0.05) is 0 Å². The summed E-state index contributed by atoms with van der Waals surface area (Å²) in [5, 5.41) is 3.62. The molecule has 1 aliphatic carbocycles. The Balaban J connectivity index is 1.75. The first-order valence-corrected chi connectivity index (χ1v) is 7.47. The molecule has 3 rings (SSSR count). The van der Waals surface area contributed by atoms with Crippen LogP contribution >= 0.6 is 11.8 Å². The van der Waals surface area contributed by atoms with Crippen LogP contribution in [0.1, 0.15) is 31.2 Å². The highest BCUT2D eigenvalue weighted by atomic mass is 32.2. The van der Waals surface area contributed by atoms with Gasteiger partial charge in [-0.2, -0.15) is 0 Å². The average Bonchev–Trinajstić information content (AvgIpc) is 3.02. The van der Waals surface area contributed by atoms with Gasteiger partial charge in [-0.1, -0.05) is 43.2 Å². The molecule has 1 aromatic rings. The lowest BCUT2D eigenvalue weighted by atomic mass is 10.2. The zero-order valence-corrected chi connectivity index (χ0v) is 11.5. The van der Waals surface area contributed by atoms with E-state index in [-0.39, 0.29) is 5.91 Å². The standard InChI is InChI=1S/C15H16N2OS/c18-14-13(10-11-6-2-1-3-7-11)19-15(17-14)16-12-8-4-5-9-12/h1-3,6-7,10,12H,4-5,8-9H2,(H,16,17,18). The van der Waals surface area contributed by atoms with Crippen molar-refractivity contribution in [2.45, 2.75) is 31.7 Å². The predicted molar refractivity (Wildman–Crippen MR) is 79.8 cm³/mol. The molecule has 0 spiro atoms. The molecule has 1 amide bonds. The van der Waals surface area contributed by atoms with Crippen LogP contribution < -0.4 is 5.32 Å². The van der Waals surface area contributed by atoms with Gasteiger partial charge in [0.2, 0.25) is 0 Å². The maximum atomic E-state index is 11.9. The van der Waals surface area contributed by atoms with Gasteiger partial charge in [-0.15, -0.1) is 0 Å². The molecular formula is C15H16N2OS. The Kier molecular flexibility index (Phi) is 3.69. The average molecular weight is 272 g/mol. The normalized spacial score (nSPS) is 24.3. The van der Waals surface area contributed by atoms with Crippen LogP contribution in [0.2, 0.25) is 0 Å². The second-order valence-electron chi connectivity index (χ2n) is 4.85. The van der Waals surface area contributed by atoms with Crippen molar-refractivity contribution in [1.29, 1.82) is 0 Å². The molecule has 0 bridgehead atoms. The lowest BCUT2D eigenvalue weighted by Gasteiger charge is -2.02. The zero-order chi connectivity index (χ0) is 13.1. The molecule has 19 heavy (non-hydrogen) atoms. The summed E-state index contributed by atoms with van der Waals surface area (Å²) >= 11 is 1.45. The summed E-state index contributed by atoms with van der Waals surface area (Å²) in [4.78, 5) is 17.2. The third-order valence-electron chi connectivity index (χ3n) is 3.37. The SMILES string of the molecule is O=C1NC(=NC2CCCC2)SC1=Cc1ccccc1. The van der Waals surface area contributed by atoms with Crippen molar-refractivity contribution in [3.8, 4) is 0 Å². The molecule has 2 fully saturated rings. The topological polar surface area (TPSA) is 41.5 Å². The summed E-state index contributed by atoms with van der Waals surface area (Å²) in [6.45, 7) is 0. The maximum Gasteiger partial charge on any atom is 0.264 e. The zero-order valence-electron chi connectivity index (χ0n) is 10.6. The molecule has 0 atom stereocenters. The summed E-state index contributed by atoms with van der Waals surface area (Å²) < 4.78 is 0. The molecule has 0 unspecified atom stereocenters. The third kappa shape index (κ3) is 3.07. The largest absolute Gasteiger partial charge is 0.301 e. The number of nitrogens with zero attached hydrogens (tertiary/aromatic N) is 1. The predicted octanol–water partition coefficient (Wildman–Crippen LogP) is 3.19. The Morgan fingerprint density at radius 1 is 1.21 bits per heavy atom. The number of amides is 1. The first-order valence-electron chi connectivity index (χ1n) is 6.65. The lowest BCUT2D eigenvalue weighted by Crippen LogP contribution is -2.21. The Labute approximate surface area is 117 Å². The summed E-state index contributed by atoms with van der Waals surface area (Å²) in [6.07, 6.45) is 6.73. The van der Waals surface area contributed by atoms with Crippen LogP contribution in [0.15, 0.2) is 40.2 Å². The number of carbonyl (C=O) groups is 1. The van der Waals surface area contributed by atoms with Crippen molar-refractivity contribution < 1.29 is 4.79 Å². The molecule has 0 aromatic heterocycles. The molecule has 1 N–H and O–H groups in total. The summed E-state index contributed by atoms with van der Waals surface area (Å²) in [5.74, 6) is -0.0365.